The van der Waals surface area contributed by atoms with Crippen molar-refractivity contribution in [3.63, 3.8) is 0 Å². The molecule has 0 spiro atoms. The Bertz CT molecular complexity index is 1020. The molecule has 0 bridgehead atoms. The smallest absolute Gasteiger partial charge is 0.366 e. The Hall–Kier alpha value is -3.30. The standard InChI is InChI=1S/C21H16F6N2O2/c22-20(23,24)14-8-13(9-15(10-14)21(25,26)27)19(31)29-17-5-3-12-7-11(1-4-16(12)17)2-6-18(28)30/h1-2,4,6-10,17H,3,5H2,(H2,28,30)(H,29,31)/b6-2+. The van der Waals surface area contributed by atoms with Crippen molar-refractivity contribution in [2.75, 3.05) is 0 Å². The number of nitrogens with one attached hydrogen (secondary N) is 1. The number of carbonyl (C=O) groups is 2. The molecule has 2 aromatic carbocycles. The van der Waals surface area contributed by atoms with Crippen molar-refractivity contribution in [1.29, 1.82) is 0 Å². The molecule has 1 atom stereocenters. The zero-order valence-electron chi connectivity index (χ0n) is 15.8. The van der Waals surface area contributed by atoms with Gasteiger partial charge in [0.25, 0.3) is 5.91 Å². The highest BCUT2D eigenvalue weighted by Crippen LogP contribution is 2.37. The zero-order valence-corrected chi connectivity index (χ0v) is 15.8. The first kappa shape index (κ1) is 22.4. The van der Waals surface area contributed by atoms with Crippen molar-refractivity contribution < 1.29 is 35.9 Å². The monoisotopic (exact) mass is 442 g/mol. The fourth-order valence-electron chi connectivity index (χ4n) is 3.40. The van der Waals surface area contributed by atoms with Gasteiger partial charge in [0.15, 0.2) is 0 Å². The van der Waals surface area contributed by atoms with Crippen LogP contribution in [0.1, 0.15) is 50.6 Å². The van der Waals surface area contributed by atoms with Crippen molar-refractivity contribution in [2.45, 2.75) is 31.2 Å². The van der Waals surface area contributed by atoms with E-state index < -0.39 is 46.9 Å². The van der Waals surface area contributed by atoms with Gasteiger partial charge in [0.1, 0.15) is 0 Å². The first-order chi connectivity index (χ1) is 14.3. The second kappa shape index (κ2) is 8.09. The van der Waals surface area contributed by atoms with Gasteiger partial charge in [-0.25, -0.2) is 0 Å². The predicted molar refractivity (Wildman–Crippen MR) is 99.6 cm³/mol. The summed E-state index contributed by atoms with van der Waals surface area (Å²) >= 11 is 0. The number of rotatable bonds is 4. The van der Waals surface area contributed by atoms with Crippen molar-refractivity contribution in [3.8, 4) is 0 Å². The van der Waals surface area contributed by atoms with Gasteiger partial charge in [0.05, 0.1) is 17.2 Å². The summed E-state index contributed by atoms with van der Waals surface area (Å²) in [6, 6.07) is 5.32. The summed E-state index contributed by atoms with van der Waals surface area (Å²) in [5.41, 5.74) is 3.46. The van der Waals surface area contributed by atoms with Crippen LogP contribution in [-0.4, -0.2) is 11.8 Å². The number of alkyl halides is 6. The van der Waals surface area contributed by atoms with Crippen LogP contribution in [0.5, 0.6) is 0 Å². The first-order valence-corrected chi connectivity index (χ1v) is 9.05. The fourth-order valence-corrected chi connectivity index (χ4v) is 3.40. The van der Waals surface area contributed by atoms with E-state index in [4.69, 9.17) is 5.73 Å². The Morgan fingerprint density at radius 1 is 0.968 bits per heavy atom. The van der Waals surface area contributed by atoms with Gasteiger partial charge >= 0.3 is 12.4 Å². The number of amides is 2. The molecule has 3 N–H and O–H groups in total. The van der Waals surface area contributed by atoms with Crippen LogP contribution in [0.25, 0.3) is 6.08 Å². The number of halogens is 6. The van der Waals surface area contributed by atoms with E-state index in [1.54, 1.807) is 18.2 Å². The number of aryl methyl sites for hydroxylation is 1. The van der Waals surface area contributed by atoms with Gasteiger partial charge in [-0.2, -0.15) is 26.3 Å². The van der Waals surface area contributed by atoms with Gasteiger partial charge in [-0.3, -0.25) is 9.59 Å². The Labute approximate surface area is 172 Å². The third kappa shape index (κ3) is 5.25. The van der Waals surface area contributed by atoms with E-state index in [0.717, 1.165) is 5.56 Å². The summed E-state index contributed by atoms with van der Waals surface area (Å²) in [5, 5.41) is 2.51. The number of primary amides is 1. The average Bonchev–Trinajstić information content (AvgIpc) is 3.06. The lowest BCUT2D eigenvalue weighted by Gasteiger charge is -2.17. The maximum absolute atomic E-state index is 13.0. The highest BCUT2D eigenvalue weighted by Gasteiger charge is 2.37. The molecule has 164 valence electrons. The molecule has 31 heavy (non-hydrogen) atoms. The number of hydrogen-bond donors (Lipinski definition) is 2. The van der Waals surface area contributed by atoms with Crippen LogP contribution in [0.4, 0.5) is 26.3 Å². The Kier molecular flexibility index (Phi) is 5.84. The van der Waals surface area contributed by atoms with Crippen LogP contribution >= 0.6 is 0 Å². The van der Waals surface area contributed by atoms with E-state index in [0.29, 0.717) is 36.1 Å². The second-order valence-electron chi connectivity index (χ2n) is 7.05. The van der Waals surface area contributed by atoms with Gasteiger partial charge in [0.2, 0.25) is 5.91 Å². The molecule has 0 heterocycles. The quantitative estimate of drug-likeness (QED) is 0.535. The first-order valence-electron chi connectivity index (χ1n) is 9.05. The molecule has 0 aliphatic heterocycles. The van der Waals surface area contributed by atoms with E-state index in [1.165, 1.54) is 12.2 Å². The van der Waals surface area contributed by atoms with Crippen LogP contribution < -0.4 is 11.1 Å². The average molecular weight is 442 g/mol. The Morgan fingerprint density at radius 2 is 1.58 bits per heavy atom. The molecule has 0 radical (unpaired) electrons. The van der Waals surface area contributed by atoms with Gasteiger partial charge in [-0.1, -0.05) is 18.2 Å². The van der Waals surface area contributed by atoms with Gasteiger partial charge in [-0.05, 0) is 53.8 Å². The number of carbonyl (C=O) groups excluding carboxylic acids is 2. The fraction of sp³-hybridized carbons (Fsp3) is 0.238. The SMILES string of the molecule is NC(=O)/C=C/c1ccc2c(c1)CCC2NC(=O)c1cc(C(F)(F)F)cc(C(F)(F)F)c1. The summed E-state index contributed by atoms with van der Waals surface area (Å²) in [6.07, 6.45) is -6.42. The normalized spacial score (nSPS) is 16.4. The van der Waals surface area contributed by atoms with Gasteiger partial charge in [-0.15, -0.1) is 0 Å². The summed E-state index contributed by atoms with van der Waals surface area (Å²) in [7, 11) is 0. The molecular weight excluding hydrogens is 426 g/mol. The maximum atomic E-state index is 13.0. The second-order valence-corrected chi connectivity index (χ2v) is 7.05. The Balaban J connectivity index is 1.86. The van der Waals surface area contributed by atoms with Crippen molar-refractivity contribution >= 4 is 17.9 Å². The van der Waals surface area contributed by atoms with E-state index >= 15 is 0 Å². The van der Waals surface area contributed by atoms with Gasteiger partial charge < -0.3 is 11.1 Å². The van der Waals surface area contributed by atoms with E-state index in [1.807, 2.05) is 0 Å². The lowest BCUT2D eigenvalue weighted by Crippen LogP contribution is -2.28. The van der Waals surface area contributed by atoms with Crippen LogP contribution in [0.2, 0.25) is 0 Å². The van der Waals surface area contributed by atoms with Crippen LogP contribution in [0, 0.1) is 0 Å². The van der Waals surface area contributed by atoms with E-state index in [-0.39, 0.29) is 6.07 Å². The largest absolute Gasteiger partial charge is 0.416 e. The molecule has 0 saturated carbocycles. The highest BCUT2D eigenvalue weighted by atomic mass is 19.4. The number of benzene rings is 2. The van der Waals surface area contributed by atoms with Crippen molar-refractivity contribution in [3.05, 3.63) is 75.9 Å². The molecule has 0 aromatic heterocycles. The van der Waals surface area contributed by atoms with Crippen molar-refractivity contribution in [2.24, 2.45) is 5.73 Å². The number of nitrogens with two attached hydrogens (primary N) is 1. The summed E-state index contributed by atoms with van der Waals surface area (Å²) in [6.45, 7) is 0. The minimum absolute atomic E-state index is 0.0250. The van der Waals surface area contributed by atoms with E-state index in [9.17, 15) is 35.9 Å². The lowest BCUT2D eigenvalue weighted by atomic mass is 10.0. The van der Waals surface area contributed by atoms with Crippen molar-refractivity contribution in [1.82, 2.24) is 5.32 Å². The predicted octanol–water partition coefficient (Wildman–Crippen LogP) is 4.64. The topological polar surface area (TPSA) is 72.2 Å². The molecule has 0 saturated heterocycles. The third-order valence-corrected chi connectivity index (χ3v) is 4.84. The molecule has 1 aliphatic rings. The van der Waals surface area contributed by atoms with E-state index in [2.05, 4.69) is 5.32 Å². The molecule has 10 heteroatoms. The number of hydrogen-bond acceptors (Lipinski definition) is 2. The Morgan fingerprint density at radius 3 is 2.13 bits per heavy atom. The maximum Gasteiger partial charge on any atom is 0.416 e. The molecule has 2 amide bonds. The summed E-state index contributed by atoms with van der Waals surface area (Å²) < 4.78 is 78.1. The summed E-state index contributed by atoms with van der Waals surface area (Å²) in [5.74, 6) is -1.66. The minimum Gasteiger partial charge on any atom is -0.366 e. The highest BCUT2D eigenvalue weighted by molar-refractivity contribution is 5.95. The zero-order chi connectivity index (χ0) is 23.0. The third-order valence-electron chi connectivity index (χ3n) is 4.84. The van der Waals surface area contributed by atoms with Gasteiger partial charge in [0, 0.05) is 11.6 Å². The van der Waals surface area contributed by atoms with Crippen LogP contribution in [0.3, 0.4) is 0 Å². The minimum atomic E-state index is -5.04. The molecule has 1 unspecified atom stereocenters. The molecular formula is C21H16F6N2O2. The molecule has 4 nitrogen and oxygen atoms in total. The number of fused-ring (bicyclic) bond motifs is 1. The molecule has 1 aliphatic carbocycles. The van der Waals surface area contributed by atoms with Crippen LogP contribution in [-0.2, 0) is 23.6 Å². The molecule has 2 aromatic rings. The molecule has 0 fully saturated rings. The molecule has 3 rings (SSSR count). The van der Waals surface area contributed by atoms with Crippen LogP contribution in [0.15, 0.2) is 42.5 Å². The summed E-state index contributed by atoms with van der Waals surface area (Å²) in [4.78, 5) is 23.3. The lowest BCUT2D eigenvalue weighted by molar-refractivity contribution is -0.143.